The first-order chi connectivity index (χ1) is 11.0. The first kappa shape index (κ1) is 18.4. The summed E-state index contributed by atoms with van der Waals surface area (Å²) in [4.78, 5) is 25.0. The number of Topliss-reactive ketones (excluding diaryl/α,β-unsaturated/α-hetero) is 1. The number of methoxy groups -OCH3 is 1. The minimum Gasteiger partial charge on any atom is -0.468 e. The van der Waals surface area contributed by atoms with Gasteiger partial charge in [-0.25, -0.2) is 4.39 Å². The smallest absolute Gasteiger partial charge is 0.419 e. The third-order valence-electron chi connectivity index (χ3n) is 4.68. The van der Waals surface area contributed by atoms with E-state index in [0.717, 1.165) is 19.2 Å². The molecule has 1 aromatic carbocycles. The molecule has 0 amide bonds. The molecule has 24 heavy (non-hydrogen) atoms. The minimum absolute atomic E-state index is 0.0688. The summed E-state index contributed by atoms with van der Waals surface area (Å²) in [7, 11) is 1.08. The average Bonchev–Trinajstić information content (AvgIpc) is 2.70. The summed E-state index contributed by atoms with van der Waals surface area (Å²) in [6.45, 7) is 3.27. The molecule has 7 heteroatoms. The molecule has 0 aromatic heterocycles. The SMILES string of the molecule is COC(=O)C1(Cc2cccc(F)c2C(F)(F)F)CCC(C)(C)C1=O. The number of carbonyl (C=O) groups excluding carboxylic acids is 2. The largest absolute Gasteiger partial charge is 0.468 e. The molecular weight excluding hydrogens is 328 g/mol. The van der Waals surface area contributed by atoms with Crippen molar-refractivity contribution in [3.05, 3.63) is 35.1 Å². The molecule has 1 aliphatic rings. The monoisotopic (exact) mass is 346 g/mol. The van der Waals surface area contributed by atoms with E-state index in [2.05, 4.69) is 0 Å². The Bertz CT molecular complexity index is 679. The van der Waals surface area contributed by atoms with E-state index in [1.165, 1.54) is 0 Å². The number of benzene rings is 1. The van der Waals surface area contributed by atoms with Crippen LogP contribution in [0, 0.1) is 16.6 Å². The zero-order chi connectivity index (χ0) is 18.3. The highest BCUT2D eigenvalue weighted by molar-refractivity contribution is 6.08. The fourth-order valence-corrected chi connectivity index (χ4v) is 3.39. The second-order valence-electron chi connectivity index (χ2n) is 6.74. The maximum absolute atomic E-state index is 13.8. The van der Waals surface area contributed by atoms with Gasteiger partial charge in [-0.05, 0) is 30.9 Å². The molecule has 1 aromatic rings. The summed E-state index contributed by atoms with van der Waals surface area (Å²) in [6.07, 6.45) is -5.04. The first-order valence-corrected chi connectivity index (χ1v) is 7.43. The third kappa shape index (κ3) is 2.91. The fourth-order valence-electron chi connectivity index (χ4n) is 3.39. The lowest BCUT2D eigenvalue weighted by Gasteiger charge is -2.28. The lowest BCUT2D eigenvalue weighted by atomic mass is 9.75. The van der Waals surface area contributed by atoms with Crippen molar-refractivity contribution in [2.75, 3.05) is 7.11 Å². The van der Waals surface area contributed by atoms with Gasteiger partial charge in [-0.3, -0.25) is 9.59 Å². The van der Waals surface area contributed by atoms with Crippen molar-refractivity contribution in [3.8, 4) is 0 Å². The molecule has 1 atom stereocenters. The van der Waals surface area contributed by atoms with E-state index in [9.17, 15) is 27.2 Å². The quantitative estimate of drug-likeness (QED) is 0.473. The highest BCUT2D eigenvalue weighted by Crippen LogP contribution is 2.49. The molecule has 0 N–H and O–H groups in total. The van der Waals surface area contributed by atoms with E-state index in [1.54, 1.807) is 13.8 Å². The standard InChI is InChI=1S/C17H18F4O3/c1-15(2)7-8-16(13(15)22,14(23)24-3)9-10-5-4-6-11(18)12(10)17(19,20)21/h4-6H,7-9H2,1-3H3. The number of halogens is 4. The number of rotatable bonds is 3. The van der Waals surface area contributed by atoms with Crippen LogP contribution in [0.4, 0.5) is 17.6 Å². The zero-order valence-corrected chi connectivity index (χ0v) is 13.6. The Morgan fingerprint density at radius 2 is 1.88 bits per heavy atom. The minimum atomic E-state index is -4.92. The summed E-state index contributed by atoms with van der Waals surface area (Å²) in [5, 5.41) is 0. The van der Waals surface area contributed by atoms with Gasteiger partial charge in [-0.2, -0.15) is 13.2 Å². The number of esters is 1. The van der Waals surface area contributed by atoms with Crippen molar-refractivity contribution in [2.24, 2.45) is 10.8 Å². The van der Waals surface area contributed by atoms with E-state index in [4.69, 9.17) is 4.74 Å². The van der Waals surface area contributed by atoms with Crippen LogP contribution in [0.1, 0.15) is 37.8 Å². The molecule has 0 heterocycles. The number of carbonyl (C=O) groups is 2. The van der Waals surface area contributed by atoms with Crippen LogP contribution in [0.25, 0.3) is 0 Å². The second kappa shape index (κ2) is 5.86. The van der Waals surface area contributed by atoms with Crippen LogP contribution in [0.2, 0.25) is 0 Å². The Labute approximate surface area is 137 Å². The maximum atomic E-state index is 13.8. The zero-order valence-electron chi connectivity index (χ0n) is 13.6. The Hall–Kier alpha value is -1.92. The van der Waals surface area contributed by atoms with E-state index in [0.29, 0.717) is 12.5 Å². The number of hydrogen-bond donors (Lipinski definition) is 0. The average molecular weight is 346 g/mol. The highest BCUT2D eigenvalue weighted by Gasteiger charge is 2.58. The van der Waals surface area contributed by atoms with Gasteiger partial charge in [0.2, 0.25) is 0 Å². The summed E-state index contributed by atoms with van der Waals surface area (Å²) in [5.41, 5.74) is -4.42. The van der Waals surface area contributed by atoms with Gasteiger partial charge in [0.15, 0.2) is 5.78 Å². The van der Waals surface area contributed by atoms with Crippen LogP contribution >= 0.6 is 0 Å². The fraction of sp³-hybridized carbons (Fsp3) is 0.529. The summed E-state index contributed by atoms with van der Waals surface area (Å²) >= 11 is 0. The Morgan fingerprint density at radius 3 is 2.33 bits per heavy atom. The second-order valence-corrected chi connectivity index (χ2v) is 6.74. The lowest BCUT2D eigenvalue weighted by molar-refractivity contribution is -0.158. The summed E-state index contributed by atoms with van der Waals surface area (Å²) in [6, 6.07) is 2.93. The van der Waals surface area contributed by atoms with Gasteiger partial charge < -0.3 is 4.74 Å². The number of hydrogen-bond acceptors (Lipinski definition) is 3. The van der Waals surface area contributed by atoms with Crippen LogP contribution < -0.4 is 0 Å². The Morgan fingerprint density at radius 1 is 1.25 bits per heavy atom. The first-order valence-electron chi connectivity index (χ1n) is 7.43. The summed E-state index contributed by atoms with van der Waals surface area (Å²) < 4.78 is 58.0. The van der Waals surface area contributed by atoms with Crippen LogP contribution in [0.5, 0.6) is 0 Å². The molecule has 1 fully saturated rings. The number of ether oxygens (including phenoxy) is 1. The van der Waals surface area contributed by atoms with E-state index in [-0.39, 0.29) is 6.42 Å². The van der Waals surface area contributed by atoms with Gasteiger partial charge in [0.1, 0.15) is 11.2 Å². The van der Waals surface area contributed by atoms with E-state index >= 15 is 0 Å². The van der Waals surface area contributed by atoms with Crippen molar-refractivity contribution in [3.63, 3.8) is 0 Å². The molecule has 0 radical (unpaired) electrons. The molecule has 1 unspecified atom stereocenters. The van der Waals surface area contributed by atoms with Crippen molar-refractivity contribution in [1.29, 1.82) is 0 Å². The molecule has 0 saturated heterocycles. The van der Waals surface area contributed by atoms with Gasteiger partial charge in [-0.15, -0.1) is 0 Å². The van der Waals surface area contributed by atoms with E-state index in [1.807, 2.05) is 0 Å². The molecule has 1 aliphatic carbocycles. The Kier molecular flexibility index (Phi) is 4.50. The van der Waals surface area contributed by atoms with Gasteiger partial charge in [-0.1, -0.05) is 26.0 Å². The highest BCUT2D eigenvalue weighted by atomic mass is 19.4. The summed E-state index contributed by atoms with van der Waals surface area (Å²) in [5.74, 6) is -2.78. The molecular formula is C17H18F4O3. The molecule has 3 nitrogen and oxygen atoms in total. The van der Waals surface area contributed by atoms with Crippen molar-refractivity contribution >= 4 is 11.8 Å². The van der Waals surface area contributed by atoms with Gasteiger partial charge in [0.05, 0.1) is 12.7 Å². The van der Waals surface area contributed by atoms with Crippen LogP contribution in [-0.4, -0.2) is 18.9 Å². The molecule has 1 saturated carbocycles. The predicted molar refractivity (Wildman–Crippen MR) is 77.6 cm³/mol. The normalized spacial score (nSPS) is 23.4. The molecule has 2 rings (SSSR count). The number of alkyl halides is 3. The van der Waals surface area contributed by atoms with Crippen molar-refractivity contribution in [1.82, 2.24) is 0 Å². The third-order valence-corrected chi connectivity index (χ3v) is 4.68. The molecule has 0 spiro atoms. The van der Waals surface area contributed by atoms with Gasteiger partial charge in [0, 0.05) is 5.41 Å². The van der Waals surface area contributed by atoms with Crippen LogP contribution in [0.15, 0.2) is 18.2 Å². The molecule has 0 bridgehead atoms. The maximum Gasteiger partial charge on any atom is 0.419 e. The molecule has 0 aliphatic heterocycles. The van der Waals surface area contributed by atoms with Gasteiger partial charge in [0.25, 0.3) is 0 Å². The predicted octanol–water partition coefficient (Wildman–Crippen LogP) is 3.94. The molecule has 132 valence electrons. The topological polar surface area (TPSA) is 43.4 Å². The lowest BCUT2D eigenvalue weighted by Crippen LogP contribution is -2.42. The van der Waals surface area contributed by atoms with Crippen LogP contribution in [0.3, 0.4) is 0 Å². The van der Waals surface area contributed by atoms with Gasteiger partial charge >= 0.3 is 12.1 Å². The Balaban J connectivity index is 2.57. The number of ketones is 1. The van der Waals surface area contributed by atoms with E-state index < -0.39 is 52.1 Å². The van der Waals surface area contributed by atoms with Crippen LogP contribution in [-0.2, 0) is 26.9 Å². The van der Waals surface area contributed by atoms with Crippen molar-refractivity contribution < 1.29 is 31.9 Å². The van der Waals surface area contributed by atoms with Crippen molar-refractivity contribution in [2.45, 2.75) is 39.3 Å².